The summed E-state index contributed by atoms with van der Waals surface area (Å²) >= 11 is 0. The normalized spacial score (nSPS) is 31.7. The number of nitrogens with two attached hydrogens (primary N) is 1. The van der Waals surface area contributed by atoms with E-state index in [0.29, 0.717) is 0 Å². The maximum atomic E-state index is 11.6. The molecule has 8 heteroatoms. The summed E-state index contributed by atoms with van der Waals surface area (Å²) in [4.78, 5) is 15.2. The van der Waals surface area contributed by atoms with E-state index in [0.717, 1.165) is 4.57 Å². The van der Waals surface area contributed by atoms with Crippen molar-refractivity contribution in [1.82, 2.24) is 9.55 Å². The predicted octanol–water partition coefficient (Wildman–Crippen LogP) is -1.91. The average molecular weight is 257 g/mol. The minimum absolute atomic E-state index is 0.0886. The van der Waals surface area contributed by atoms with Crippen molar-refractivity contribution in [3.8, 4) is 0 Å². The lowest BCUT2D eigenvalue weighted by molar-refractivity contribution is -0.0568. The van der Waals surface area contributed by atoms with E-state index in [4.69, 9.17) is 20.3 Å². The Hall–Kier alpha value is -1.48. The van der Waals surface area contributed by atoms with E-state index in [9.17, 15) is 9.90 Å². The van der Waals surface area contributed by atoms with Gasteiger partial charge >= 0.3 is 5.69 Å². The first-order chi connectivity index (χ1) is 8.58. The zero-order valence-electron chi connectivity index (χ0n) is 9.76. The van der Waals surface area contributed by atoms with Crippen LogP contribution in [0.5, 0.6) is 0 Å². The van der Waals surface area contributed by atoms with Crippen molar-refractivity contribution in [2.75, 3.05) is 19.5 Å². The van der Waals surface area contributed by atoms with Crippen LogP contribution in [-0.4, -0.2) is 51.8 Å². The van der Waals surface area contributed by atoms with Gasteiger partial charge in [-0.05, 0) is 6.07 Å². The summed E-state index contributed by atoms with van der Waals surface area (Å²) < 4.78 is 11.6. The summed E-state index contributed by atoms with van der Waals surface area (Å²) in [7, 11) is 1.40. The van der Waals surface area contributed by atoms with E-state index in [1.807, 2.05) is 0 Å². The van der Waals surface area contributed by atoms with Gasteiger partial charge in [0.2, 0.25) is 0 Å². The first kappa shape index (κ1) is 13.0. The Morgan fingerprint density at radius 1 is 1.67 bits per heavy atom. The number of aliphatic hydroxyl groups excluding tert-OH is 2. The summed E-state index contributed by atoms with van der Waals surface area (Å²) in [6, 6.07) is 1.42. The lowest BCUT2D eigenvalue weighted by Gasteiger charge is -2.18. The predicted molar refractivity (Wildman–Crippen MR) is 60.7 cm³/mol. The smallest absolute Gasteiger partial charge is 0.351 e. The number of rotatable bonds is 3. The molecule has 0 spiro atoms. The Labute approximate surface area is 103 Å². The van der Waals surface area contributed by atoms with Crippen molar-refractivity contribution in [3.63, 3.8) is 0 Å². The van der Waals surface area contributed by atoms with Crippen molar-refractivity contribution in [2.24, 2.45) is 0 Å². The fourth-order valence-corrected chi connectivity index (χ4v) is 2.01. The van der Waals surface area contributed by atoms with E-state index in [1.54, 1.807) is 0 Å². The molecule has 0 bridgehead atoms. The molecule has 0 amide bonds. The first-order valence-corrected chi connectivity index (χ1v) is 5.40. The van der Waals surface area contributed by atoms with Gasteiger partial charge in [-0.25, -0.2) is 4.79 Å². The molecule has 2 rings (SSSR count). The van der Waals surface area contributed by atoms with E-state index >= 15 is 0 Å². The van der Waals surface area contributed by atoms with Gasteiger partial charge in [-0.3, -0.25) is 4.57 Å². The molecule has 100 valence electrons. The zero-order valence-corrected chi connectivity index (χ0v) is 9.76. The third kappa shape index (κ3) is 2.10. The van der Waals surface area contributed by atoms with Crippen LogP contribution in [0.25, 0.3) is 0 Å². The largest absolute Gasteiger partial charge is 0.394 e. The van der Waals surface area contributed by atoms with Gasteiger partial charge in [0.15, 0.2) is 6.23 Å². The molecule has 0 aromatic carbocycles. The van der Waals surface area contributed by atoms with Crippen LogP contribution in [0.1, 0.15) is 6.23 Å². The number of hydrogen-bond donors (Lipinski definition) is 3. The monoisotopic (exact) mass is 257 g/mol. The Bertz CT molecular complexity index is 477. The maximum Gasteiger partial charge on any atom is 0.351 e. The lowest BCUT2D eigenvalue weighted by atomic mass is 10.1. The second kappa shape index (κ2) is 5.02. The van der Waals surface area contributed by atoms with Gasteiger partial charge in [0.1, 0.15) is 24.1 Å². The number of nitrogens with zero attached hydrogens (tertiary/aromatic N) is 2. The van der Waals surface area contributed by atoms with Crippen LogP contribution < -0.4 is 11.4 Å². The van der Waals surface area contributed by atoms with Gasteiger partial charge in [-0.1, -0.05) is 0 Å². The molecule has 0 saturated carbocycles. The third-order valence-electron chi connectivity index (χ3n) is 2.89. The van der Waals surface area contributed by atoms with Crippen LogP contribution in [0.3, 0.4) is 0 Å². The number of ether oxygens (including phenoxy) is 2. The van der Waals surface area contributed by atoms with Crippen LogP contribution in [0.15, 0.2) is 17.1 Å². The van der Waals surface area contributed by atoms with Gasteiger partial charge in [0, 0.05) is 13.3 Å². The topological polar surface area (TPSA) is 120 Å². The number of aliphatic hydroxyl groups is 2. The molecule has 4 atom stereocenters. The van der Waals surface area contributed by atoms with E-state index in [1.165, 1.54) is 19.4 Å². The van der Waals surface area contributed by atoms with Gasteiger partial charge in [0.25, 0.3) is 0 Å². The summed E-state index contributed by atoms with van der Waals surface area (Å²) in [6.07, 6.45) is -2.04. The summed E-state index contributed by atoms with van der Waals surface area (Å²) in [5.74, 6) is 0.0886. The second-order valence-corrected chi connectivity index (χ2v) is 3.98. The van der Waals surface area contributed by atoms with Crippen LogP contribution in [-0.2, 0) is 9.47 Å². The molecule has 1 fully saturated rings. The van der Waals surface area contributed by atoms with Crippen molar-refractivity contribution >= 4 is 5.82 Å². The van der Waals surface area contributed by atoms with Crippen molar-refractivity contribution in [1.29, 1.82) is 0 Å². The Morgan fingerprint density at radius 3 is 2.89 bits per heavy atom. The molecule has 1 aromatic rings. The molecule has 18 heavy (non-hydrogen) atoms. The molecule has 0 aliphatic carbocycles. The highest BCUT2D eigenvalue weighted by Crippen LogP contribution is 2.29. The standard InChI is InChI=1S/C10H15N3O5/c1-17-8-5(4-14)18-9(7(8)15)13-3-2-6(11)12-10(13)16/h2-3,5,7-9,14-15H,4H2,1H3,(H2,11,12,16)/t5-,7?,8?,9-/m1/s1. The highest BCUT2D eigenvalue weighted by Gasteiger charge is 2.45. The highest BCUT2D eigenvalue weighted by atomic mass is 16.6. The average Bonchev–Trinajstić information content (AvgIpc) is 2.66. The number of anilines is 1. The quantitative estimate of drug-likeness (QED) is 0.578. The van der Waals surface area contributed by atoms with Gasteiger partial charge in [-0.15, -0.1) is 0 Å². The van der Waals surface area contributed by atoms with Crippen molar-refractivity contribution < 1.29 is 19.7 Å². The molecule has 8 nitrogen and oxygen atoms in total. The van der Waals surface area contributed by atoms with Crippen LogP contribution >= 0.6 is 0 Å². The van der Waals surface area contributed by atoms with Crippen LogP contribution in [0.4, 0.5) is 5.82 Å². The Kier molecular flexibility index (Phi) is 3.62. The number of aromatic nitrogens is 2. The lowest BCUT2D eigenvalue weighted by Crippen LogP contribution is -2.37. The van der Waals surface area contributed by atoms with Gasteiger partial charge < -0.3 is 25.4 Å². The summed E-state index contributed by atoms with van der Waals surface area (Å²) in [6.45, 7) is -0.316. The number of methoxy groups -OCH3 is 1. The van der Waals surface area contributed by atoms with Crippen LogP contribution in [0.2, 0.25) is 0 Å². The number of nitrogen functional groups attached to an aromatic ring is 1. The van der Waals surface area contributed by atoms with Gasteiger partial charge in [-0.2, -0.15) is 4.98 Å². The molecule has 2 unspecified atom stereocenters. The minimum atomic E-state index is -1.07. The fourth-order valence-electron chi connectivity index (χ4n) is 2.01. The minimum Gasteiger partial charge on any atom is -0.394 e. The summed E-state index contributed by atoms with van der Waals surface area (Å²) in [5, 5.41) is 19.1. The fraction of sp³-hybridized carbons (Fsp3) is 0.600. The Morgan fingerprint density at radius 2 is 2.39 bits per heavy atom. The summed E-state index contributed by atoms with van der Waals surface area (Å²) in [5.41, 5.74) is 4.74. The van der Waals surface area contributed by atoms with Crippen molar-refractivity contribution in [3.05, 3.63) is 22.7 Å². The third-order valence-corrected chi connectivity index (χ3v) is 2.89. The van der Waals surface area contributed by atoms with E-state index in [-0.39, 0.29) is 12.4 Å². The molecule has 1 aromatic heterocycles. The van der Waals surface area contributed by atoms with E-state index in [2.05, 4.69) is 4.98 Å². The molecular formula is C10H15N3O5. The Balaban J connectivity index is 2.32. The maximum absolute atomic E-state index is 11.6. The molecule has 4 N–H and O–H groups in total. The molecule has 1 aliphatic heterocycles. The molecule has 0 radical (unpaired) electrons. The van der Waals surface area contributed by atoms with Crippen molar-refractivity contribution in [2.45, 2.75) is 24.5 Å². The van der Waals surface area contributed by atoms with Crippen LogP contribution in [0, 0.1) is 0 Å². The first-order valence-electron chi connectivity index (χ1n) is 5.40. The molecule has 2 heterocycles. The zero-order chi connectivity index (χ0) is 13.3. The van der Waals surface area contributed by atoms with Gasteiger partial charge in [0.05, 0.1) is 6.61 Å². The number of hydrogen-bond acceptors (Lipinski definition) is 7. The highest BCUT2D eigenvalue weighted by molar-refractivity contribution is 5.23. The van der Waals surface area contributed by atoms with E-state index < -0.39 is 30.2 Å². The molecular weight excluding hydrogens is 242 g/mol. The SMILES string of the molecule is COC1C(O)[C@H](n2ccc(N)nc2=O)O[C@@H]1CO. The second-order valence-electron chi connectivity index (χ2n) is 3.98. The molecule has 1 saturated heterocycles. The molecule has 1 aliphatic rings.